The number of unbranched alkanes of at least 4 members (excludes halogenated alkanes) is 1. The fourth-order valence-corrected chi connectivity index (χ4v) is 5.70. The number of rotatable bonds is 14. The number of ether oxygens (including phenoxy) is 2. The van der Waals surface area contributed by atoms with E-state index in [4.69, 9.17) is 21.1 Å². The lowest BCUT2D eigenvalue weighted by Crippen LogP contribution is -2.51. The predicted octanol–water partition coefficient (Wildman–Crippen LogP) is 4.89. The standard InChI is InChI=1S/C30H36ClN3O6S/c1-5-6-18-32-30(36)22(2)33(20-23-10-8-7-9-11-23)29(35)21-34(25-14-12-24(31)13-15-25)41(37,38)26-16-17-27(39-3)28(19-26)40-4/h7-17,19,22H,5-6,18,20-21H2,1-4H3,(H,32,36)/t22-/m1/s1. The number of carbonyl (C=O) groups is 2. The Bertz CT molecular complexity index is 1420. The molecule has 0 aliphatic carbocycles. The van der Waals surface area contributed by atoms with Crippen molar-refractivity contribution in [2.45, 2.75) is 44.2 Å². The topological polar surface area (TPSA) is 105 Å². The highest BCUT2D eigenvalue weighted by atomic mass is 35.5. The van der Waals surface area contributed by atoms with E-state index in [9.17, 15) is 18.0 Å². The third-order valence-electron chi connectivity index (χ3n) is 6.53. The second-order valence-electron chi connectivity index (χ2n) is 9.33. The molecule has 0 fully saturated rings. The van der Waals surface area contributed by atoms with Gasteiger partial charge in [0.2, 0.25) is 11.8 Å². The van der Waals surface area contributed by atoms with E-state index in [1.54, 1.807) is 19.1 Å². The fraction of sp³-hybridized carbons (Fsp3) is 0.333. The third kappa shape index (κ3) is 8.14. The minimum absolute atomic E-state index is 0.0992. The summed E-state index contributed by atoms with van der Waals surface area (Å²) in [5.41, 5.74) is 1.03. The molecule has 0 spiro atoms. The molecule has 3 aromatic rings. The Morgan fingerprint density at radius 2 is 1.61 bits per heavy atom. The van der Waals surface area contributed by atoms with Gasteiger partial charge in [-0.1, -0.05) is 55.3 Å². The number of benzene rings is 3. The quantitative estimate of drug-likeness (QED) is 0.264. The number of methoxy groups -OCH3 is 2. The summed E-state index contributed by atoms with van der Waals surface area (Å²) >= 11 is 6.08. The molecule has 41 heavy (non-hydrogen) atoms. The van der Waals surface area contributed by atoms with Gasteiger partial charge >= 0.3 is 0 Å². The van der Waals surface area contributed by atoms with Crippen LogP contribution in [0.5, 0.6) is 11.5 Å². The molecule has 0 saturated heterocycles. The molecule has 2 amide bonds. The van der Waals surface area contributed by atoms with Crippen molar-refractivity contribution in [3.8, 4) is 11.5 Å². The molecule has 1 atom stereocenters. The summed E-state index contributed by atoms with van der Waals surface area (Å²) < 4.78 is 39.6. The van der Waals surface area contributed by atoms with Crippen LogP contribution in [0.15, 0.2) is 77.7 Å². The van der Waals surface area contributed by atoms with E-state index < -0.39 is 28.5 Å². The Kier molecular flexibility index (Phi) is 11.4. The number of sulfonamides is 1. The molecule has 9 nitrogen and oxygen atoms in total. The van der Waals surface area contributed by atoms with Crippen molar-refractivity contribution in [1.29, 1.82) is 0 Å². The number of hydrogen-bond acceptors (Lipinski definition) is 6. The molecule has 0 saturated carbocycles. The van der Waals surface area contributed by atoms with Crippen LogP contribution in [-0.4, -0.2) is 58.5 Å². The van der Waals surface area contributed by atoms with Gasteiger partial charge in [-0.15, -0.1) is 0 Å². The van der Waals surface area contributed by atoms with Crippen LogP contribution < -0.4 is 19.1 Å². The summed E-state index contributed by atoms with van der Waals surface area (Å²) in [6, 6.07) is 18.7. The van der Waals surface area contributed by atoms with Crippen LogP contribution in [0.4, 0.5) is 5.69 Å². The Balaban J connectivity index is 2.02. The van der Waals surface area contributed by atoms with Crippen LogP contribution in [0.2, 0.25) is 5.02 Å². The first-order valence-corrected chi connectivity index (χ1v) is 15.1. The monoisotopic (exact) mass is 601 g/mol. The van der Waals surface area contributed by atoms with Crippen molar-refractivity contribution in [1.82, 2.24) is 10.2 Å². The molecule has 3 aromatic carbocycles. The lowest BCUT2D eigenvalue weighted by molar-refractivity contribution is -0.139. The number of anilines is 1. The summed E-state index contributed by atoms with van der Waals surface area (Å²) in [4.78, 5) is 28.3. The summed E-state index contributed by atoms with van der Waals surface area (Å²) in [6.45, 7) is 3.70. The normalized spacial score (nSPS) is 11.8. The number of carbonyl (C=O) groups excluding carboxylic acids is 2. The third-order valence-corrected chi connectivity index (χ3v) is 8.55. The average Bonchev–Trinajstić information content (AvgIpc) is 2.98. The lowest BCUT2D eigenvalue weighted by Gasteiger charge is -2.32. The van der Waals surface area contributed by atoms with Gasteiger partial charge in [-0.05, 0) is 55.3 Å². The van der Waals surface area contributed by atoms with Crippen molar-refractivity contribution in [2.24, 2.45) is 0 Å². The molecule has 1 N–H and O–H groups in total. The van der Waals surface area contributed by atoms with Crippen LogP contribution >= 0.6 is 11.6 Å². The van der Waals surface area contributed by atoms with Crippen molar-refractivity contribution in [2.75, 3.05) is 31.6 Å². The van der Waals surface area contributed by atoms with Gasteiger partial charge in [-0.25, -0.2) is 8.42 Å². The Hall–Kier alpha value is -3.76. The fourth-order valence-electron chi connectivity index (χ4n) is 4.14. The average molecular weight is 602 g/mol. The molecule has 0 aromatic heterocycles. The SMILES string of the molecule is CCCCNC(=O)[C@@H](C)N(Cc1ccccc1)C(=O)CN(c1ccc(Cl)cc1)S(=O)(=O)c1ccc(OC)c(OC)c1. The van der Waals surface area contributed by atoms with Crippen molar-refractivity contribution in [3.05, 3.63) is 83.4 Å². The first kappa shape index (κ1) is 31.8. The van der Waals surface area contributed by atoms with Crippen LogP contribution in [0.25, 0.3) is 0 Å². The first-order chi connectivity index (χ1) is 19.6. The van der Waals surface area contributed by atoms with Crippen molar-refractivity contribution in [3.63, 3.8) is 0 Å². The van der Waals surface area contributed by atoms with Gasteiger partial charge in [-0.3, -0.25) is 13.9 Å². The maximum Gasteiger partial charge on any atom is 0.264 e. The van der Waals surface area contributed by atoms with Gasteiger partial charge < -0.3 is 19.7 Å². The maximum atomic E-state index is 14.0. The van der Waals surface area contributed by atoms with Gasteiger partial charge in [0.05, 0.1) is 24.8 Å². The van der Waals surface area contributed by atoms with Crippen LogP contribution in [0, 0.1) is 0 Å². The second kappa shape index (κ2) is 14.7. The number of amides is 2. The summed E-state index contributed by atoms with van der Waals surface area (Å²) in [5.74, 6) is -0.286. The molecule has 0 aliphatic rings. The van der Waals surface area contributed by atoms with E-state index in [0.717, 1.165) is 22.7 Å². The predicted molar refractivity (Wildman–Crippen MR) is 160 cm³/mol. The zero-order chi connectivity index (χ0) is 30.0. The zero-order valence-corrected chi connectivity index (χ0v) is 25.2. The van der Waals surface area contributed by atoms with Gasteiger partial charge in [0.1, 0.15) is 12.6 Å². The molecular weight excluding hydrogens is 566 g/mol. The highest BCUT2D eigenvalue weighted by Gasteiger charge is 2.33. The molecule has 0 heterocycles. The van der Waals surface area contributed by atoms with Crippen LogP contribution in [0.3, 0.4) is 0 Å². The van der Waals surface area contributed by atoms with E-state index in [-0.39, 0.29) is 28.8 Å². The van der Waals surface area contributed by atoms with E-state index in [0.29, 0.717) is 17.3 Å². The second-order valence-corrected chi connectivity index (χ2v) is 11.6. The van der Waals surface area contributed by atoms with Crippen molar-refractivity contribution < 1.29 is 27.5 Å². The molecule has 0 radical (unpaired) electrons. The molecule has 11 heteroatoms. The highest BCUT2D eigenvalue weighted by molar-refractivity contribution is 7.92. The molecule has 0 unspecified atom stereocenters. The van der Waals surface area contributed by atoms with Crippen LogP contribution in [0.1, 0.15) is 32.3 Å². The Morgan fingerprint density at radius 1 is 0.951 bits per heavy atom. The van der Waals surface area contributed by atoms with Gasteiger partial charge in [-0.2, -0.15) is 0 Å². The number of halogens is 1. The highest BCUT2D eigenvalue weighted by Crippen LogP contribution is 2.32. The van der Waals surface area contributed by atoms with E-state index in [1.807, 2.05) is 37.3 Å². The number of nitrogens with zero attached hydrogens (tertiary/aromatic N) is 2. The van der Waals surface area contributed by atoms with Crippen LogP contribution in [-0.2, 0) is 26.2 Å². The Morgan fingerprint density at radius 3 is 2.22 bits per heavy atom. The molecule has 0 bridgehead atoms. The minimum atomic E-state index is -4.28. The van der Waals surface area contributed by atoms with Crippen molar-refractivity contribution >= 4 is 39.1 Å². The summed E-state index contributed by atoms with van der Waals surface area (Å²) in [6.07, 6.45) is 1.71. The molecule has 220 valence electrons. The minimum Gasteiger partial charge on any atom is -0.493 e. The molecule has 0 aliphatic heterocycles. The summed E-state index contributed by atoms with van der Waals surface area (Å²) in [5, 5.41) is 3.28. The Labute approximate surface area is 247 Å². The van der Waals surface area contributed by atoms with Gasteiger partial charge in [0, 0.05) is 24.2 Å². The lowest BCUT2D eigenvalue weighted by atomic mass is 10.1. The van der Waals surface area contributed by atoms with Gasteiger partial charge in [0.15, 0.2) is 11.5 Å². The number of nitrogens with one attached hydrogen (secondary N) is 1. The molecule has 3 rings (SSSR count). The largest absolute Gasteiger partial charge is 0.493 e. The summed E-state index contributed by atoms with van der Waals surface area (Å²) in [7, 11) is -1.43. The van der Waals surface area contributed by atoms with E-state index in [1.165, 1.54) is 49.5 Å². The number of hydrogen-bond donors (Lipinski definition) is 1. The molecular formula is C30H36ClN3O6S. The van der Waals surface area contributed by atoms with Gasteiger partial charge in [0.25, 0.3) is 10.0 Å². The smallest absolute Gasteiger partial charge is 0.264 e. The van der Waals surface area contributed by atoms with E-state index >= 15 is 0 Å². The first-order valence-electron chi connectivity index (χ1n) is 13.2. The maximum absolute atomic E-state index is 14.0. The van der Waals surface area contributed by atoms with E-state index in [2.05, 4.69) is 5.32 Å². The zero-order valence-electron chi connectivity index (χ0n) is 23.7.